The molecule has 1 N–H and O–H groups in total. The smallest absolute Gasteiger partial charge is 0.261 e. The van der Waals surface area contributed by atoms with E-state index in [-0.39, 0.29) is 21.9 Å². The van der Waals surface area contributed by atoms with Crippen LogP contribution in [0, 0.1) is 0 Å². The van der Waals surface area contributed by atoms with E-state index in [9.17, 15) is 13.2 Å². The van der Waals surface area contributed by atoms with Crippen molar-refractivity contribution in [2.45, 2.75) is 4.90 Å². The molecule has 3 aromatic rings. The van der Waals surface area contributed by atoms with E-state index in [1.54, 1.807) is 30.3 Å². The maximum Gasteiger partial charge on any atom is 0.261 e. The number of nitrogens with one attached hydrogen (secondary N) is 1. The van der Waals surface area contributed by atoms with Crippen LogP contribution in [0.2, 0.25) is 10.0 Å². The maximum atomic E-state index is 12.8. The van der Waals surface area contributed by atoms with Crippen molar-refractivity contribution in [3.63, 3.8) is 0 Å². The summed E-state index contributed by atoms with van der Waals surface area (Å²) in [5, 5.41) is 0.758. The molecule has 0 atom stereocenters. The molecule has 0 saturated heterocycles. The van der Waals surface area contributed by atoms with Crippen molar-refractivity contribution in [2.75, 3.05) is 4.72 Å². The zero-order valence-corrected chi connectivity index (χ0v) is 15.6. The van der Waals surface area contributed by atoms with Gasteiger partial charge >= 0.3 is 0 Å². The number of carbonyl (C=O) groups is 1. The van der Waals surface area contributed by atoms with Crippen LogP contribution in [0.25, 0.3) is 0 Å². The first-order valence-corrected chi connectivity index (χ1v) is 9.78. The van der Waals surface area contributed by atoms with Crippen LogP contribution in [-0.2, 0) is 10.0 Å². The molecule has 0 aliphatic carbocycles. The van der Waals surface area contributed by atoms with Gasteiger partial charge in [0, 0.05) is 21.2 Å². The van der Waals surface area contributed by atoms with Gasteiger partial charge in [-0.25, -0.2) is 8.42 Å². The van der Waals surface area contributed by atoms with Gasteiger partial charge in [-0.05, 0) is 42.5 Å². The number of anilines is 1. The molecule has 0 spiro atoms. The molecule has 0 unspecified atom stereocenters. The molecule has 3 rings (SSSR count). The molecule has 0 bridgehead atoms. The van der Waals surface area contributed by atoms with Crippen molar-refractivity contribution < 1.29 is 13.2 Å². The number of hydrogen-bond acceptors (Lipinski definition) is 3. The third-order valence-corrected chi connectivity index (χ3v) is 5.50. The summed E-state index contributed by atoms with van der Waals surface area (Å²) in [5.74, 6) is -0.332. The fourth-order valence-electron chi connectivity index (χ4n) is 2.36. The van der Waals surface area contributed by atoms with Gasteiger partial charge in [-0.15, -0.1) is 0 Å². The lowest BCUT2D eigenvalue weighted by molar-refractivity contribution is 0.103. The standard InChI is InChI=1S/C19H13Cl2NO3S/c20-14-6-9-16(10-7-14)26(24,25)22-18-11-8-15(21)12-17(18)19(23)13-4-2-1-3-5-13/h1-12,22H. The highest BCUT2D eigenvalue weighted by atomic mass is 35.5. The summed E-state index contributed by atoms with van der Waals surface area (Å²) < 4.78 is 27.7. The van der Waals surface area contributed by atoms with Crippen LogP contribution in [0.15, 0.2) is 77.7 Å². The SMILES string of the molecule is O=C(c1ccccc1)c1cc(Cl)ccc1NS(=O)(=O)c1ccc(Cl)cc1. The fourth-order valence-corrected chi connectivity index (χ4v) is 3.73. The molecule has 3 aromatic carbocycles. The summed E-state index contributed by atoms with van der Waals surface area (Å²) in [4.78, 5) is 12.8. The third-order valence-electron chi connectivity index (χ3n) is 3.63. The second kappa shape index (κ2) is 7.50. The molecule has 0 amide bonds. The van der Waals surface area contributed by atoms with Crippen LogP contribution in [-0.4, -0.2) is 14.2 Å². The second-order valence-corrected chi connectivity index (χ2v) is 8.00. The zero-order valence-electron chi connectivity index (χ0n) is 13.3. The summed E-state index contributed by atoms with van der Waals surface area (Å²) in [6.07, 6.45) is 0. The van der Waals surface area contributed by atoms with Gasteiger partial charge in [0.15, 0.2) is 5.78 Å². The van der Waals surface area contributed by atoms with E-state index >= 15 is 0 Å². The van der Waals surface area contributed by atoms with Crippen molar-refractivity contribution in [2.24, 2.45) is 0 Å². The number of halogens is 2. The molecule has 0 aliphatic heterocycles. The Morgan fingerprint density at radius 3 is 2.08 bits per heavy atom. The zero-order chi connectivity index (χ0) is 18.7. The number of ketones is 1. The van der Waals surface area contributed by atoms with Crippen LogP contribution >= 0.6 is 23.2 Å². The monoisotopic (exact) mass is 405 g/mol. The topological polar surface area (TPSA) is 63.2 Å². The Kier molecular flexibility index (Phi) is 5.32. The normalized spacial score (nSPS) is 11.2. The minimum absolute atomic E-state index is 0.0370. The first kappa shape index (κ1) is 18.5. The highest BCUT2D eigenvalue weighted by Crippen LogP contribution is 2.26. The van der Waals surface area contributed by atoms with Crippen LogP contribution in [0.1, 0.15) is 15.9 Å². The first-order chi connectivity index (χ1) is 12.4. The van der Waals surface area contributed by atoms with Crippen molar-refractivity contribution in [1.82, 2.24) is 0 Å². The molecule has 4 nitrogen and oxygen atoms in total. The third kappa shape index (κ3) is 4.07. The van der Waals surface area contributed by atoms with Gasteiger partial charge in [0.05, 0.1) is 10.6 Å². The Hall–Kier alpha value is -2.34. The average Bonchev–Trinajstić information content (AvgIpc) is 2.63. The van der Waals surface area contributed by atoms with E-state index in [1.807, 2.05) is 0 Å². The number of rotatable bonds is 5. The molecular formula is C19H13Cl2NO3S. The second-order valence-electron chi connectivity index (χ2n) is 5.44. The van der Waals surface area contributed by atoms with E-state index in [4.69, 9.17) is 23.2 Å². The lowest BCUT2D eigenvalue weighted by Gasteiger charge is -2.13. The van der Waals surface area contributed by atoms with Gasteiger partial charge in [0.1, 0.15) is 0 Å². The molecule has 0 aromatic heterocycles. The van der Waals surface area contributed by atoms with Gasteiger partial charge in [-0.1, -0.05) is 53.5 Å². The van der Waals surface area contributed by atoms with Crippen molar-refractivity contribution in [3.05, 3.63) is 94.0 Å². The molecule has 132 valence electrons. The van der Waals surface area contributed by atoms with Gasteiger partial charge in [0.25, 0.3) is 10.0 Å². The molecule has 26 heavy (non-hydrogen) atoms. The molecule has 0 saturated carbocycles. The van der Waals surface area contributed by atoms with Crippen LogP contribution in [0.3, 0.4) is 0 Å². The summed E-state index contributed by atoms with van der Waals surface area (Å²) in [6, 6.07) is 18.7. The van der Waals surface area contributed by atoms with E-state index in [1.165, 1.54) is 42.5 Å². The lowest BCUT2D eigenvalue weighted by atomic mass is 10.0. The van der Waals surface area contributed by atoms with E-state index in [2.05, 4.69) is 4.72 Å². The Morgan fingerprint density at radius 2 is 1.42 bits per heavy atom. The Bertz CT molecular complexity index is 1050. The highest BCUT2D eigenvalue weighted by Gasteiger charge is 2.20. The van der Waals surface area contributed by atoms with Crippen LogP contribution < -0.4 is 4.72 Å². The molecule has 0 fully saturated rings. The van der Waals surface area contributed by atoms with Crippen LogP contribution in [0.4, 0.5) is 5.69 Å². The quantitative estimate of drug-likeness (QED) is 0.605. The molecular weight excluding hydrogens is 393 g/mol. The Morgan fingerprint density at radius 1 is 0.808 bits per heavy atom. The van der Waals surface area contributed by atoms with Crippen molar-refractivity contribution in [3.8, 4) is 0 Å². The van der Waals surface area contributed by atoms with E-state index < -0.39 is 10.0 Å². The Labute approximate surface area is 161 Å². The Balaban J connectivity index is 2.01. The van der Waals surface area contributed by atoms with E-state index in [0.29, 0.717) is 15.6 Å². The van der Waals surface area contributed by atoms with Gasteiger partial charge in [-0.3, -0.25) is 9.52 Å². The number of carbonyl (C=O) groups excluding carboxylic acids is 1. The van der Waals surface area contributed by atoms with Crippen molar-refractivity contribution in [1.29, 1.82) is 0 Å². The fraction of sp³-hybridized carbons (Fsp3) is 0. The van der Waals surface area contributed by atoms with Gasteiger partial charge in [0.2, 0.25) is 0 Å². The molecule has 0 heterocycles. The molecule has 7 heteroatoms. The number of hydrogen-bond donors (Lipinski definition) is 1. The predicted molar refractivity (Wildman–Crippen MR) is 104 cm³/mol. The van der Waals surface area contributed by atoms with E-state index in [0.717, 1.165) is 0 Å². The largest absolute Gasteiger partial charge is 0.289 e. The highest BCUT2D eigenvalue weighted by molar-refractivity contribution is 7.92. The predicted octanol–water partition coefficient (Wildman–Crippen LogP) is 5.03. The summed E-state index contributed by atoms with van der Waals surface area (Å²) in [6.45, 7) is 0. The lowest BCUT2D eigenvalue weighted by Crippen LogP contribution is -2.16. The first-order valence-electron chi connectivity index (χ1n) is 7.54. The minimum Gasteiger partial charge on any atom is -0.289 e. The summed E-state index contributed by atoms with van der Waals surface area (Å²) in [5.41, 5.74) is 0.751. The number of benzene rings is 3. The average molecular weight is 406 g/mol. The summed E-state index contributed by atoms with van der Waals surface area (Å²) in [7, 11) is -3.89. The number of sulfonamides is 1. The van der Waals surface area contributed by atoms with Gasteiger partial charge < -0.3 is 0 Å². The molecule has 0 radical (unpaired) electrons. The minimum atomic E-state index is -3.89. The van der Waals surface area contributed by atoms with Gasteiger partial charge in [-0.2, -0.15) is 0 Å². The summed E-state index contributed by atoms with van der Waals surface area (Å²) >= 11 is 11.8. The van der Waals surface area contributed by atoms with Crippen LogP contribution in [0.5, 0.6) is 0 Å². The molecule has 0 aliphatic rings. The van der Waals surface area contributed by atoms with Crippen molar-refractivity contribution >= 4 is 44.7 Å². The maximum absolute atomic E-state index is 12.8.